The summed E-state index contributed by atoms with van der Waals surface area (Å²) in [6.07, 6.45) is 65.2. The number of hydrogen-bond acceptors (Lipinski definition) is 15. The van der Waals surface area contributed by atoms with Gasteiger partial charge < -0.3 is 33.8 Å². The molecule has 102 heavy (non-hydrogen) atoms. The number of aliphatic hydroxyl groups is 1. The third-order valence-corrected chi connectivity index (χ3v) is 21.4. The Kier molecular flexibility index (Phi) is 73.1. The van der Waals surface area contributed by atoms with Gasteiger partial charge >= 0.3 is 39.5 Å². The van der Waals surface area contributed by atoms with Gasteiger partial charge in [-0.05, 0) is 37.5 Å². The zero-order valence-corrected chi connectivity index (χ0v) is 68.7. The van der Waals surface area contributed by atoms with Gasteiger partial charge in [-0.3, -0.25) is 37.3 Å². The molecule has 0 fully saturated rings. The molecule has 17 nitrogen and oxygen atoms in total. The molecule has 0 saturated heterocycles. The van der Waals surface area contributed by atoms with E-state index < -0.39 is 97.5 Å². The Bertz CT molecular complexity index is 1960. The van der Waals surface area contributed by atoms with Crippen molar-refractivity contribution in [2.45, 2.75) is 458 Å². The molecule has 0 aliphatic heterocycles. The van der Waals surface area contributed by atoms with E-state index in [0.717, 1.165) is 102 Å². The fourth-order valence-electron chi connectivity index (χ4n) is 12.9. The summed E-state index contributed by atoms with van der Waals surface area (Å²) in [6.45, 7) is 9.67. The quantitative estimate of drug-likeness (QED) is 0.0222. The van der Waals surface area contributed by atoms with Crippen molar-refractivity contribution in [3.8, 4) is 0 Å². The number of ether oxygens (including phenoxy) is 4. The minimum absolute atomic E-state index is 0.107. The third kappa shape index (κ3) is 76.3. The van der Waals surface area contributed by atoms with Crippen LogP contribution in [0.2, 0.25) is 0 Å². The minimum atomic E-state index is -4.96. The number of hydrogen-bond donors (Lipinski definition) is 3. The van der Waals surface area contributed by atoms with E-state index in [-0.39, 0.29) is 25.7 Å². The topological polar surface area (TPSA) is 237 Å². The summed E-state index contributed by atoms with van der Waals surface area (Å²) in [7, 11) is -9.92. The second-order valence-corrected chi connectivity index (χ2v) is 33.7. The van der Waals surface area contributed by atoms with Crippen LogP contribution in [0.3, 0.4) is 0 Å². The summed E-state index contributed by atoms with van der Waals surface area (Å²) in [4.78, 5) is 73.1. The lowest BCUT2D eigenvalue weighted by atomic mass is 10.0. The van der Waals surface area contributed by atoms with Gasteiger partial charge in [0.1, 0.15) is 19.3 Å². The number of carbonyl (C=O) groups excluding carboxylic acids is 4. The van der Waals surface area contributed by atoms with Gasteiger partial charge in [-0.15, -0.1) is 0 Å². The van der Waals surface area contributed by atoms with Crippen molar-refractivity contribution in [1.82, 2.24) is 0 Å². The Morgan fingerprint density at radius 3 is 0.667 bits per heavy atom. The van der Waals surface area contributed by atoms with Crippen molar-refractivity contribution in [1.29, 1.82) is 0 Å². The van der Waals surface area contributed by atoms with Crippen molar-refractivity contribution in [2.24, 2.45) is 11.8 Å². The smallest absolute Gasteiger partial charge is 0.462 e. The summed E-state index contributed by atoms with van der Waals surface area (Å²) in [5, 5.41) is 10.7. The largest absolute Gasteiger partial charge is 0.472 e. The van der Waals surface area contributed by atoms with Crippen LogP contribution in [0.15, 0.2) is 0 Å². The minimum Gasteiger partial charge on any atom is -0.462 e. The van der Waals surface area contributed by atoms with Gasteiger partial charge in [0.2, 0.25) is 0 Å². The predicted octanol–water partition coefficient (Wildman–Crippen LogP) is 25.1. The van der Waals surface area contributed by atoms with Gasteiger partial charge in [0.05, 0.1) is 26.4 Å². The monoisotopic (exact) mass is 1490 g/mol. The van der Waals surface area contributed by atoms with Crippen molar-refractivity contribution in [3.05, 3.63) is 0 Å². The fourth-order valence-corrected chi connectivity index (χ4v) is 14.5. The molecule has 0 bridgehead atoms. The first kappa shape index (κ1) is 100. The molecule has 5 atom stereocenters. The maximum absolute atomic E-state index is 13.1. The van der Waals surface area contributed by atoms with E-state index >= 15 is 0 Å². The van der Waals surface area contributed by atoms with E-state index in [1.807, 2.05) is 0 Å². The summed E-state index contributed by atoms with van der Waals surface area (Å²) in [5.41, 5.74) is 0. The Balaban J connectivity index is 5.24. The van der Waals surface area contributed by atoms with Gasteiger partial charge in [-0.25, -0.2) is 9.13 Å². The van der Waals surface area contributed by atoms with Crippen LogP contribution in [0.1, 0.15) is 440 Å². The van der Waals surface area contributed by atoms with Crippen molar-refractivity contribution < 1.29 is 80.2 Å². The van der Waals surface area contributed by atoms with Crippen LogP contribution in [0.25, 0.3) is 0 Å². The van der Waals surface area contributed by atoms with E-state index in [4.69, 9.17) is 37.0 Å². The van der Waals surface area contributed by atoms with Crippen LogP contribution in [0.4, 0.5) is 0 Å². The molecular weight excluding hydrogens is 1330 g/mol. The van der Waals surface area contributed by atoms with E-state index in [2.05, 4.69) is 41.5 Å². The molecule has 0 aromatic carbocycles. The molecule has 3 N–H and O–H groups in total. The second-order valence-electron chi connectivity index (χ2n) is 30.8. The van der Waals surface area contributed by atoms with Crippen LogP contribution in [0, 0.1) is 11.8 Å². The lowest BCUT2D eigenvalue weighted by molar-refractivity contribution is -0.161. The first-order valence-electron chi connectivity index (χ1n) is 43.0. The SMILES string of the molecule is CCCCCCCCCCCCCCCCCCCCCCC(=O)O[C@H](COC(=O)CCCCCCCCCCCCCCCCC(C)C)COP(=O)(O)OC[C@@H](O)COP(=O)(O)OC[C@@H](COC(=O)CCCCCCCCCCCCC)OC(=O)CCCCCCCCCCCCCC(C)C. The highest BCUT2D eigenvalue weighted by Gasteiger charge is 2.30. The van der Waals surface area contributed by atoms with Crippen LogP contribution in [0.5, 0.6) is 0 Å². The maximum Gasteiger partial charge on any atom is 0.472 e. The predicted molar refractivity (Wildman–Crippen MR) is 418 cm³/mol. The number of carbonyl (C=O) groups is 4. The fraction of sp³-hybridized carbons (Fsp3) is 0.952. The van der Waals surface area contributed by atoms with Gasteiger partial charge in [0.25, 0.3) is 0 Å². The number of rotatable bonds is 82. The van der Waals surface area contributed by atoms with E-state index in [1.165, 1.54) is 257 Å². The molecule has 0 aliphatic carbocycles. The summed E-state index contributed by atoms with van der Waals surface area (Å²) >= 11 is 0. The Morgan fingerprint density at radius 2 is 0.451 bits per heavy atom. The summed E-state index contributed by atoms with van der Waals surface area (Å²) in [5.74, 6) is -0.541. The molecule has 0 radical (unpaired) electrons. The molecule has 2 unspecified atom stereocenters. The molecule has 0 aromatic rings. The standard InChI is InChI=1S/C83H162O17P2/c1-7-9-11-13-15-17-19-20-21-22-23-24-25-26-31-37-43-49-55-61-67-82(87)99-79(72-94-81(86)66-60-54-48-42-36-30-28-27-29-34-39-45-51-57-63-75(3)4)74-98-102(91,92)96-70-77(84)69-95-101(89,90)97-73-78(71-93-80(85)65-59-53-47-41-33-18-16-14-12-10-8-2)100-83(88)68-62-56-50-44-38-32-35-40-46-52-58-64-76(5)6/h75-79,84H,7-74H2,1-6H3,(H,89,90)(H,91,92)/t77-,78+,79+/m0/s1. The zero-order valence-electron chi connectivity index (χ0n) is 66.9. The highest BCUT2D eigenvalue weighted by Crippen LogP contribution is 2.45. The Morgan fingerprint density at radius 1 is 0.265 bits per heavy atom. The highest BCUT2D eigenvalue weighted by molar-refractivity contribution is 7.47. The van der Waals surface area contributed by atoms with Gasteiger partial charge in [-0.2, -0.15) is 0 Å². The lowest BCUT2D eigenvalue weighted by Crippen LogP contribution is -2.30. The van der Waals surface area contributed by atoms with E-state index in [1.54, 1.807) is 0 Å². The van der Waals surface area contributed by atoms with Crippen molar-refractivity contribution in [3.63, 3.8) is 0 Å². The van der Waals surface area contributed by atoms with Crippen LogP contribution < -0.4 is 0 Å². The molecule has 0 aliphatic rings. The maximum atomic E-state index is 13.1. The summed E-state index contributed by atoms with van der Waals surface area (Å²) in [6, 6.07) is 0. The number of aliphatic hydroxyl groups excluding tert-OH is 1. The number of phosphoric ester groups is 2. The number of esters is 4. The van der Waals surface area contributed by atoms with Crippen LogP contribution in [-0.4, -0.2) is 96.7 Å². The molecule has 0 heterocycles. The average Bonchev–Trinajstić information content (AvgIpc) is 0.939. The summed E-state index contributed by atoms with van der Waals surface area (Å²) < 4.78 is 68.8. The highest BCUT2D eigenvalue weighted by atomic mass is 31.2. The lowest BCUT2D eigenvalue weighted by Gasteiger charge is -2.21. The molecule has 0 saturated carbocycles. The Labute approximate surface area is 626 Å². The normalized spacial score (nSPS) is 13.9. The zero-order chi connectivity index (χ0) is 74.9. The molecule has 0 spiro atoms. The second kappa shape index (κ2) is 74.5. The van der Waals surface area contributed by atoms with Crippen LogP contribution >= 0.6 is 15.6 Å². The first-order chi connectivity index (χ1) is 49.4. The molecule has 0 rings (SSSR count). The van der Waals surface area contributed by atoms with Gasteiger partial charge in [-0.1, -0.05) is 388 Å². The third-order valence-electron chi connectivity index (χ3n) is 19.5. The van der Waals surface area contributed by atoms with Gasteiger partial charge in [0.15, 0.2) is 12.2 Å². The van der Waals surface area contributed by atoms with Crippen molar-refractivity contribution >= 4 is 39.5 Å². The Hall–Kier alpha value is -1.94. The van der Waals surface area contributed by atoms with Crippen LogP contribution in [-0.2, 0) is 65.4 Å². The van der Waals surface area contributed by atoms with Crippen molar-refractivity contribution in [2.75, 3.05) is 39.6 Å². The van der Waals surface area contributed by atoms with E-state index in [0.29, 0.717) is 25.7 Å². The molecule has 19 heteroatoms. The molecule has 606 valence electrons. The average molecular weight is 1490 g/mol. The number of unbranched alkanes of at least 4 members (excludes halogenated alkanes) is 52. The molecule has 0 amide bonds. The number of phosphoric acid groups is 2. The molecule has 0 aromatic heterocycles. The first-order valence-corrected chi connectivity index (χ1v) is 46.0. The van der Waals surface area contributed by atoms with Gasteiger partial charge in [0, 0.05) is 25.7 Å². The molecular formula is C83H162O17P2. The van der Waals surface area contributed by atoms with E-state index in [9.17, 15) is 43.2 Å².